The van der Waals surface area contributed by atoms with Crippen LogP contribution < -0.4 is 10.6 Å². The minimum absolute atomic E-state index is 0.0276. The Bertz CT molecular complexity index is 586. The number of ketones is 1. The molecule has 1 rings (SSSR count). The van der Waals surface area contributed by atoms with Crippen molar-refractivity contribution >= 4 is 17.6 Å². The summed E-state index contributed by atoms with van der Waals surface area (Å²) in [6, 6.07) is 0. The van der Waals surface area contributed by atoms with Crippen molar-refractivity contribution in [2.24, 2.45) is 11.8 Å². The van der Waals surface area contributed by atoms with Gasteiger partial charge in [-0.1, -0.05) is 20.8 Å². The highest BCUT2D eigenvalue weighted by Gasteiger charge is 2.42. The summed E-state index contributed by atoms with van der Waals surface area (Å²) in [5.41, 5.74) is 0. The number of hydrogen-bond donors (Lipinski definition) is 5. The number of rotatable bonds is 15. The molecule has 11 nitrogen and oxygen atoms in total. The molecule has 5 unspecified atom stereocenters. The van der Waals surface area contributed by atoms with Gasteiger partial charge >= 0.3 is 0 Å². The summed E-state index contributed by atoms with van der Waals surface area (Å²) in [6.07, 6.45) is -2.74. The Morgan fingerprint density at radius 1 is 1.00 bits per heavy atom. The number of nitrogens with one attached hydrogen (secondary N) is 2. The maximum atomic E-state index is 11.7. The van der Waals surface area contributed by atoms with E-state index < -0.39 is 37.1 Å². The Labute approximate surface area is 188 Å². The van der Waals surface area contributed by atoms with Crippen molar-refractivity contribution in [2.45, 2.75) is 71.1 Å². The van der Waals surface area contributed by atoms with E-state index in [0.717, 1.165) is 0 Å². The third-order valence-electron chi connectivity index (χ3n) is 5.21. The topological polar surface area (TPSA) is 164 Å². The lowest BCUT2D eigenvalue weighted by Crippen LogP contribution is -2.55. The van der Waals surface area contributed by atoms with E-state index in [0.29, 0.717) is 12.8 Å². The Morgan fingerprint density at radius 2 is 1.69 bits per heavy atom. The van der Waals surface area contributed by atoms with Crippen LogP contribution in [0.25, 0.3) is 0 Å². The molecule has 0 aromatic rings. The van der Waals surface area contributed by atoms with E-state index in [9.17, 15) is 29.7 Å². The van der Waals surface area contributed by atoms with Crippen LogP contribution in [0.5, 0.6) is 0 Å². The Hall–Kier alpha value is -1.63. The van der Waals surface area contributed by atoms with Crippen LogP contribution in [0.1, 0.15) is 46.5 Å². The van der Waals surface area contributed by atoms with Crippen molar-refractivity contribution in [3.63, 3.8) is 0 Å². The monoisotopic (exact) mass is 462 g/mol. The molecule has 32 heavy (non-hydrogen) atoms. The van der Waals surface area contributed by atoms with Gasteiger partial charge in [0.1, 0.15) is 24.7 Å². The minimum Gasteiger partial charge on any atom is -0.394 e. The number of carbonyl (C=O) groups excluding carboxylic acids is 3. The van der Waals surface area contributed by atoms with Crippen molar-refractivity contribution < 1.29 is 43.9 Å². The largest absolute Gasteiger partial charge is 0.394 e. The van der Waals surface area contributed by atoms with Gasteiger partial charge in [0.15, 0.2) is 6.29 Å². The summed E-state index contributed by atoms with van der Waals surface area (Å²) in [5, 5.41) is 34.2. The Kier molecular flexibility index (Phi) is 13.5. The molecule has 0 aromatic carbocycles. The number of Topliss-reactive ketones (excluding diaryl/α,β-unsaturated/α-hetero) is 1. The molecule has 1 saturated heterocycles. The van der Waals surface area contributed by atoms with Crippen LogP contribution in [0, 0.1) is 11.8 Å². The molecule has 0 spiro atoms. The summed E-state index contributed by atoms with van der Waals surface area (Å²) in [7, 11) is 0. The van der Waals surface area contributed by atoms with Crippen LogP contribution in [-0.4, -0.2) is 90.6 Å². The Morgan fingerprint density at radius 3 is 2.34 bits per heavy atom. The normalized spacial score (nSPS) is 25.5. The SMILES string of the molecule is CC(C)C(=O)CCCC(=O)NCCC(=O)NCOCCOC1OC(CO)C(O)C(O)C1C. The molecule has 1 fully saturated rings. The van der Waals surface area contributed by atoms with E-state index in [1.165, 1.54) is 0 Å². The van der Waals surface area contributed by atoms with Crippen molar-refractivity contribution in [3.05, 3.63) is 0 Å². The van der Waals surface area contributed by atoms with Crippen LogP contribution in [0.4, 0.5) is 0 Å². The first kappa shape index (κ1) is 28.4. The number of aliphatic hydroxyl groups excluding tert-OH is 3. The van der Waals surface area contributed by atoms with Gasteiger partial charge in [-0.2, -0.15) is 0 Å². The number of ether oxygens (including phenoxy) is 3. The Balaban J connectivity index is 2.06. The maximum absolute atomic E-state index is 11.7. The summed E-state index contributed by atoms with van der Waals surface area (Å²) in [5.74, 6) is -0.857. The van der Waals surface area contributed by atoms with E-state index in [-0.39, 0.29) is 62.8 Å². The number of carbonyl (C=O) groups is 3. The molecule has 2 amide bonds. The summed E-state index contributed by atoms with van der Waals surface area (Å²) < 4.78 is 16.2. The van der Waals surface area contributed by atoms with Crippen molar-refractivity contribution in [1.82, 2.24) is 10.6 Å². The maximum Gasteiger partial charge on any atom is 0.223 e. The first-order valence-electron chi connectivity index (χ1n) is 11.0. The number of aliphatic hydroxyl groups is 3. The molecular formula is C21H38N2O9. The van der Waals surface area contributed by atoms with E-state index >= 15 is 0 Å². The second-order valence-corrected chi connectivity index (χ2v) is 8.16. The van der Waals surface area contributed by atoms with Crippen LogP contribution in [0.2, 0.25) is 0 Å². The van der Waals surface area contributed by atoms with Crippen LogP contribution in [0.3, 0.4) is 0 Å². The van der Waals surface area contributed by atoms with E-state index in [1.54, 1.807) is 6.92 Å². The van der Waals surface area contributed by atoms with Crippen LogP contribution >= 0.6 is 0 Å². The van der Waals surface area contributed by atoms with Crippen LogP contribution in [0.15, 0.2) is 0 Å². The molecule has 1 heterocycles. The van der Waals surface area contributed by atoms with Gasteiger partial charge in [-0.05, 0) is 6.42 Å². The van der Waals surface area contributed by atoms with Gasteiger partial charge in [0, 0.05) is 37.6 Å². The molecule has 1 aliphatic heterocycles. The second kappa shape index (κ2) is 15.3. The van der Waals surface area contributed by atoms with Gasteiger partial charge in [0.25, 0.3) is 0 Å². The zero-order valence-electron chi connectivity index (χ0n) is 19.1. The van der Waals surface area contributed by atoms with Gasteiger partial charge < -0.3 is 40.2 Å². The highest BCUT2D eigenvalue weighted by molar-refractivity contribution is 5.82. The fourth-order valence-corrected chi connectivity index (χ4v) is 3.04. The van der Waals surface area contributed by atoms with Gasteiger partial charge in [0.2, 0.25) is 11.8 Å². The molecule has 5 N–H and O–H groups in total. The van der Waals surface area contributed by atoms with Crippen molar-refractivity contribution in [3.8, 4) is 0 Å². The predicted molar refractivity (Wildman–Crippen MR) is 113 cm³/mol. The molecule has 5 atom stereocenters. The lowest BCUT2D eigenvalue weighted by Gasteiger charge is -2.40. The fraction of sp³-hybridized carbons (Fsp3) is 0.857. The van der Waals surface area contributed by atoms with Gasteiger partial charge in [-0.25, -0.2) is 0 Å². The highest BCUT2D eigenvalue weighted by Crippen LogP contribution is 2.26. The van der Waals surface area contributed by atoms with Crippen LogP contribution in [-0.2, 0) is 28.6 Å². The van der Waals surface area contributed by atoms with Gasteiger partial charge in [-0.3, -0.25) is 14.4 Å². The molecule has 0 saturated carbocycles. The summed E-state index contributed by atoms with van der Waals surface area (Å²) in [4.78, 5) is 34.9. The molecule has 0 aromatic heterocycles. The molecule has 0 aliphatic carbocycles. The molecule has 1 aliphatic rings. The van der Waals surface area contributed by atoms with E-state index in [1.807, 2.05) is 13.8 Å². The predicted octanol–water partition coefficient (Wildman–Crippen LogP) is -0.930. The quantitative estimate of drug-likeness (QED) is 0.153. The molecule has 0 bridgehead atoms. The lowest BCUT2D eigenvalue weighted by atomic mass is 9.92. The molecule has 0 radical (unpaired) electrons. The average molecular weight is 463 g/mol. The standard InChI is InChI=1S/C21H38N2O9/c1-13(2)15(25)5-4-6-17(26)22-8-7-18(27)23-12-30-9-10-31-21-14(3)19(28)20(29)16(11-24)32-21/h13-14,16,19-21,24,28-29H,4-12H2,1-3H3,(H,22,26)(H,23,27). The number of amides is 2. The molecule has 186 valence electrons. The molecule has 11 heteroatoms. The third-order valence-corrected chi connectivity index (χ3v) is 5.21. The molecular weight excluding hydrogens is 424 g/mol. The van der Waals surface area contributed by atoms with Gasteiger partial charge in [-0.15, -0.1) is 0 Å². The minimum atomic E-state index is -1.18. The first-order valence-corrected chi connectivity index (χ1v) is 11.0. The third kappa shape index (κ3) is 10.3. The summed E-state index contributed by atoms with van der Waals surface area (Å²) in [6.45, 7) is 5.32. The van der Waals surface area contributed by atoms with Gasteiger partial charge in [0.05, 0.1) is 25.9 Å². The zero-order valence-corrected chi connectivity index (χ0v) is 19.1. The van der Waals surface area contributed by atoms with Crippen molar-refractivity contribution in [2.75, 3.05) is 33.1 Å². The second-order valence-electron chi connectivity index (χ2n) is 8.16. The fourth-order valence-electron chi connectivity index (χ4n) is 3.04. The number of hydrogen-bond acceptors (Lipinski definition) is 9. The van der Waals surface area contributed by atoms with E-state index in [4.69, 9.17) is 14.2 Å². The average Bonchev–Trinajstić information content (AvgIpc) is 2.75. The van der Waals surface area contributed by atoms with Crippen molar-refractivity contribution in [1.29, 1.82) is 0 Å². The lowest BCUT2D eigenvalue weighted by molar-refractivity contribution is -0.284. The smallest absolute Gasteiger partial charge is 0.223 e. The zero-order chi connectivity index (χ0) is 24.1. The highest BCUT2D eigenvalue weighted by atomic mass is 16.7. The first-order chi connectivity index (χ1) is 15.2. The summed E-state index contributed by atoms with van der Waals surface area (Å²) >= 11 is 0. The van der Waals surface area contributed by atoms with E-state index in [2.05, 4.69) is 10.6 Å².